The number of nitrogens with zero attached hydrogens (tertiary/aromatic N) is 2. The highest BCUT2D eigenvalue weighted by molar-refractivity contribution is 5.73. The number of piperidine rings is 1. The van der Waals surface area contributed by atoms with Gasteiger partial charge in [0.15, 0.2) is 5.79 Å². The van der Waals surface area contributed by atoms with Crippen LogP contribution in [0, 0.1) is 29.4 Å². The van der Waals surface area contributed by atoms with E-state index in [2.05, 4.69) is 9.80 Å². The maximum absolute atomic E-state index is 14.2. The van der Waals surface area contributed by atoms with Gasteiger partial charge in [0, 0.05) is 37.5 Å². The fourth-order valence-electron chi connectivity index (χ4n) is 7.33. The first-order valence-corrected chi connectivity index (χ1v) is 15.4. The second-order valence-corrected chi connectivity index (χ2v) is 12.6. The Kier molecular flexibility index (Phi) is 8.73. The van der Waals surface area contributed by atoms with E-state index in [0.29, 0.717) is 31.6 Å². The van der Waals surface area contributed by atoms with E-state index >= 15 is 0 Å². The molecule has 6 nitrogen and oxygen atoms in total. The maximum atomic E-state index is 14.2. The SMILES string of the molecule is O=C(O)[C@@H](CC1CC1)N1C[C@H](CN2CCC(CCC3(c4ccc(F)cc4)OCCO3)CC2)[C@@H](c2cccc(F)c2)C1. The molecule has 0 radical (unpaired) electrons. The van der Waals surface area contributed by atoms with Gasteiger partial charge in [-0.15, -0.1) is 0 Å². The van der Waals surface area contributed by atoms with Gasteiger partial charge in [-0.2, -0.15) is 0 Å². The van der Waals surface area contributed by atoms with Crippen molar-refractivity contribution in [2.75, 3.05) is 45.9 Å². The normalized spacial score (nSPS) is 26.4. The van der Waals surface area contributed by atoms with Crippen LogP contribution in [0.15, 0.2) is 48.5 Å². The first-order chi connectivity index (χ1) is 19.9. The summed E-state index contributed by atoms with van der Waals surface area (Å²) in [5.74, 6) is -0.535. The number of hydrogen-bond donors (Lipinski definition) is 1. The van der Waals surface area contributed by atoms with E-state index in [1.807, 2.05) is 6.07 Å². The number of halogens is 2. The van der Waals surface area contributed by atoms with Gasteiger partial charge in [0.2, 0.25) is 0 Å². The standard InChI is InChI=1S/C33H42F2N2O4/c34-28-8-6-27(7-9-28)33(40-16-17-41-33)13-10-23-11-14-36(15-12-23)20-26-21-37(31(32(38)39)18-24-4-5-24)22-30(26)25-2-1-3-29(35)19-25/h1-3,6-9,19,23-24,26,30-31H,4-5,10-18,20-22H2,(H,38,39)/t26-,30+,31+/m0/s1. The third-order valence-corrected chi connectivity index (χ3v) is 9.84. The number of aliphatic carboxylic acids is 1. The highest BCUT2D eigenvalue weighted by Gasteiger charge is 2.43. The Hall–Kier alpha value is -2.39. The Morgan fingerprint density at radius 1 is 0.951 bits per heavy atom. The van der Waals surface area contributed by atoms with Crippen molar-refractivity contribution >= 4 is 5.97 Å². The summed E-state index contributed by atoms with van der Waals surface area (Å²) in [7, 11) is 0. The molecule has 3 heterocycles. The summed E-state index contributed by atoms with van der Waals surface area (Å²) >= 11 is 0. The average Bonchev–Trinajstić information content (AvgIpc) is 3.50. The molecule has 2 aromatic rings. The fraction of sp³-hybridized carbons (Fsp3) is 0.606. The molecule has 2 aromatic carbocycles. The van der Waals surface area contributed by atoms with Gasteiger partial charge in [-0.1, -0.05) is 37.1 Å². The largest absolute Gasteiger partial charge is 0.480 e. The summed E-state index contributed by atoms with van der Waals surface area (Å²) in [6, 6.07) is 12.9. The smallest absolute Gasteiger partial charge is 0.320 e. The van der Waals surface area contributed by atoms with Gasteiger partial charge in [-0.25, -0.2) is 8.78 Å². The van der Waals surface area contributed by atoms with Crippen molar-refractivity contribution in [1.29, 1.82) is 0 Å². The predicted molar refractivity (Wildman–Crippen MR) is 151 cm³/mol. The van der Waals surface area contributed by atoms with Crippen molar-refractivity contribution in [3.05, 3.63) is 71.3 Å². The van der Waals surface area contributed by atoms with Crippen molar-refractivity contribution in [2.24, 2.45) is 17.8 Å². The molecule has 3 aliphatic heterocycles. The summed E-state index contributed by atoms with van der Waals surface area (Å²) in [5.41, 5.74) is 1.86. The molecule has 1 saturated carbocycles. The zero-order valence-corrected chi connectivity index (χ0v) is 23.7. The molecule has 3 saturated heterocycles. The van der Waals surface area contributed by atoms with Crippen LogP contribution in [-0.2, 0) is 20.1 Å². The monoisotopic (exact) mass is 568 g/mol. The average molecular weight is 569 g/mol. The van der Waals surface area contributed by atoms with E-state index < -0.39 is 17.8 Å². The van der Waals surface area contributed by atoms with Crippen LogP contribution in [0.3, 0.4) is 0 Å². The molecule has 6 rings (SSSR count). The van der Waals surface area contributed by atoms with E-state index in [-0.39, 0.29) is 23.5 Å². The minimum atomic E-state index is -0.780. The second-order valence-electron chi connectivity index (χ2n) is 12.6. The van der Waals surface area contributed by atoms with Gasteiger partial charge < -0.3 is 19.5 Å². The van der Waals surface area contributed by atoms with Crippen LogP contribution < -0.4 is 0 Å². The van der Waals surface area contributed by atoms with Crippen molar-refractivity contribution in [1.82, 2.24) is 9.80 Å². The van der Waals surface area contributed by atoms with Crippen LogP contribution in [0.1, 0.15) is 62.0 Å². The molecule has 4 aliphatic rings. The van der Waals surface area contributed by atoms with Crippen LogP contribution in [0.2, 0.25) is 0 Å². The van der Waals surface area contributed by atoms with Crippen LogP contribution >= 0.6 is 0 Å². The maximum Gasteiger partial charge on any atom is 0.320 e. The van der Waals surface area contributed by atoms with E-state index in [1.165, 1.54) is 18.2 Å². The number of hydrogen-bond acceptors (Lipinski definition) is 5. The van der Waals surface area contributed by atoms with Crippen molar-refractivity contribution in [2.45, 2.75) is 62.7 Å². The van der Waals surface area contributed by atoms with Gasteiger partial charge in [0.1, 0.15) is 17.7 Å². The van der Waals surface area contributed by atoms with E-state index in [0.717, 1.165) is 82.3 Å². The molecule has 8 heteroatoms. The summed E-state index contributed by atoms with van der Waals surface area (Å²) < 4.78 is 39.9. The molecule has 3 atom stereocenters. The van der Waals surface area contributed by atoms with Crippen LogP contribution in [0.5, 0.6) is 0 Å². The molecule has 0 amide bonds. The first-order valence-electron chi connectivity index (χ1n) is 15.4. The Balaban J connectivity index is 1.07. The van der Waals surface area contributed by atoms with Gasteiger partial charge in [-0.05, 0) is 86.4 Å². The van der Waals surface area contributed by atoms with Crippen LogP contribution in [0.4, 0.5) is 8.78 Å². The Labute approximate surface area is 241 Å². The van der Waals surface area contributed by atoms with Crippen LogP contribution in [0.25, 0.3) is 0 Å². The van der Waals surface area contributed by atoms with Gasteiger partial charge in [0.05, 0.1) is 13.2 Å². The molecule has 0 bridgehead atoms. The third-order valence-electron chi connectivity index (χ3n) is 9.84. The molecule has 41 heavy (non-hydrogen) atoms. The van der Waals surface area contributed by atoms with Crippen LogP contribution in [-0.4, -0.2) is 72.9 Å². The van der Waals surface area contributed by atoms with Crippen molar-refractivity contribution < 1.29 is 28.2 Å². The summed E-state index contributed by atoms with van der Waals surface area (Å²) in [6.45, 7) is 5.37. The number of carboxylic acid groups (broad SMARTS) is 1. The highest BCUT2D eigenvalue weighted by Crippen LogP contribution is 2.41. The zero-order valence-electron chi connectivity index (χ0n) is 23.7. The first kappa shape index (κ1) is 28.7. The number of benzene rings is 2. The topological polar surface area (TPSA) is 62.2 Å². The molecule has 0 unspecified atom stereocenters. The predicted octanol–water partition coefficient (Wildman–Crippen LogP) is 5.63. The lowest BCUT2D eigenvalue weighted by Gasteiger charge is -2.36. The molecule has 4 fully saturated rings. The molecular weight excluding hydrogens is 526 g/mol. The Morgan fingerprint density at radius 2 is 1.68 bits per heavy atom. The Morgan fingerprint density at radius 3 is 2.34 bits per heavy atom. The van der Waals surface area contributed by atoms with Crippen molar-refractivity contribution in [3.63, 3.8) is 0 Å². The van der Waals surface area contributed by atoms with Gasteiger partial charge in [-0.3, -0.25) is 9.69 Å². The second kappa shape index (κ2) is 12.5. The zero-order chi connectivity index (χ0) is 28.4. The number of rotatable bonds is 11. The number of ether oxygens (including phenoxy) is 2. The van der Waals surface area contributed by atoms with E-state index in [9.17, 15) is 18.7 Å². The quantitative estimate of drug-likeness (QED) is 0.380. The Bertz CT molecular complexity index is 1180. The lowest BCUT2D eigenvalue weighted by molar-refractivity contribution is -0.173. The molecule has 1 aliphatic carbocycles. The molecule has 222 valence electrons. The fourth-order valence-corrected chi connectivity index (χ4v) is 7.33. The summed E-state index contributed by atoms with van der Waals surface area (Å²) in [5, 5.41) is 10.0. The van der Waals surface area contributed by atoms with Crippen molar-refractivity contribution in [3.8, 4) is 0 Å². The van der Waals surface area contributed by atoms with E-state index in [1.54, 1.807) is 24.3 Å². The number of carbonyl (C=O) groups is 1. The lowest BCUT2D eigenvalue weighted by Crippen LogP contribution is -2.42. The minimum absolute atomic E-state index is 0.122. The molecule has 0 spiro atoms. The molecule has 0 aromatic heterocycles. The van der Waals surface area contributed by atoms with Gasteiger partial charge >= 0.3 is 5.97 Å². The van der Waals surface area contributed by atoms with E-state index in [4.69, 9.17) is 9.47 Å². The number of carboxylic acids is 1. The minimum Gasteiger partial charge on any atom is -0.480 e. The molecule has 1 N–H and O–H groups in total. The molecular formula is C33H42F2N2O4. The van der Waals surface area contributed by atoms with Gasteiger partial charge in [0.25, 0.3) is 0 Å². The summed E-state index contributed by atoms with van der Waals surface area (Å²) in [6.07, 6.45) is 6.88. The highest BCUT2D eigenvalue weighted by atomic mass is 19.1. The third kappa shape index (κ3) is 6.82. The lowest BCUT2D eigenvalue weighted by atomic mass is 9.86. The summed E-state index contributed by atoms with van der Waals surface area (Å²) in [4.78, 5) is 16.9. The number of likely N-dealkylation sites (tertiary alicyclic amines) is 2.